The van der Waals surface area contributed by atoms with Crippen LogP contribution in [0.3, 0.4) is 0 Å². The fraction of sp³-hybridized carbons (Fsp3) is 0.333. The molecule has 0 unspecified atom stereocenters. The number of aryl methyl sites for hydroxylation is 1. The summed E-state index contributed by atoms with van der Waals surface area (Å²) in [6.45, 7) is 8.17. The van der Waals surface area contributed by atoms with E-state index in [1.807, 2.05) is 29.8 Å². The Morgan fingerprint density at radius 3 is 2.19 bits per heavy atom. The van der Waals surface area contributed by atoms with Gasteiger partial charge in [0.15, 0.2) is 0 Å². The van der Waals surface area contributed by atoms with Crippen LogP contribution < -0.4 is 19.5 Å². The molecule has 0 atom stereocenters. The van der Waals surface area contributed by atoms with Crippen LogP contribution in [0.15, 0.2) is 71.0 Å². The molecular weight excluding hydrogens is 422 g/mol. The molecule has 8 heteroatoms. The molecule has 32 heavy (non-hydrogen) atoms. The van der Waals surface area contributed by atoms with Crippen LogP contribution in [0.5, 0.6) is 0 Å². The summed E-state index contributed by atoms with van der Waals surface area (Å²) in [5.74, 6) is -1.08. The van der Waals surface area contributed by atoms with E-state index in [0.717, 1.165) is 43.1 Å². The fourth-order valence-corrected chi connectivity index (χ4v) is 4.07. The third kappa shape index (κ3) is 7.77. The van der Waals surface area contributed by atoms with Crippen LogP contribution in [0, 0.1) is 0 Å². The molecule has 7 nitrogen and oxygen atoms in total. The fourth-order valence-electron chi connectivity index (χ4n) is 3.01. The van der Waals surface area contributed by atoms with Gasteiger partial charge in [0.1, 0.15) is 16.9 Å². The molecular formula is C24H31N5O2S. The van der Waals surface area contributed by atoms with Gasteiger partial charge in [-0.3, -0.25) is 0 Å². The predicted octanol–water partition coefficient (Wildman–Crippen LogP) is 4.23. The van der Waals surface area contributed by atoms with Crippen LogP contribution in [0.1, 0.15) is 26.3 Å². The van der Waals surface area contributed by atoms with Crippen molar-refractivity contribution in [1.29, 1.82) is 0 Å². The zero-order chi connectivity index (χ0) is 23.5. The molecule has 0 aliphatic rings. The third-order valence-electron chi connectivity index (χ3n) is 4.68. The number of carbonyl (C=O) groups excluding carboxylic acids is 1. The van der Waals surface area contributed by atoms with Crippen molar-refractivity contribution in [1.82, 2.24) is 0 Å². The number of hydrogen-bond donors (Lipinski definition) is 0. The molecule has 170 valence electrons. The number of carbonyl (C=O) groups is 1. The minimum Gasteiger partial charge on any atom is -0.550 e. The SMILES string of the molecule is CC(=O)[O-].CCN(CC)c1c[n+](C)c(N=Nc2ccc(N(C)Cc3ccccc3)cc2)s1. The summed E-state index contributed by atoms with van der Waals surface area (Å²) in [5.41, 5.74) is 3.31. The summed E-state index contributed by atoms with van der Waals surface area (Å²) in [4.78, 5) is 13.4. The maximum absolute atomic E-state index is 8.89. The third-order valence-corrected chi connectivity index (χ3v) is 5.81. The standard InChI is InChI=1S/C22H28N5S.C2H4O2/c1-5-27(6-2)21-17-26(4)22(28-21)24-23-19-12-14-20(15-13-19)25(3)16-18-10-8-7-9-11-18;1-2(3)4/h7-15,17H,5-6,16H2,1-4H3;1H3,(H,3,4)/q+1;/p-1. The van der Waals surface area contributed by atoms with Gasteiger partial charge >= 0.3 is 5.13 Å². The highest BCUT2D eigenvalue weighted by Crippen LogP contribution is 2.29. The van der Waals surface area contributed by atoms with E-state index >= 15 is 0 Å². The number of nitrogens with zero attached hydrogens (tertiary/aromatic N) is 5. The topological polar surface area (TPSA) is 75.2 Å². The van der Waals surface area contributed by atoms with Gasteiger partial charge in [0.25, 0.3) is 0 Å². The van der Waals surface area contributed by atoms with E-state index in [9.17, 15) is 0 Å². The molecule has 0 saturated carbocycles. The number of anilines is 2. The van der Waals surface area contributed by atoms with Crippen molar-refractivity contribution in [3.05, 3.63) is 66.4 Å². The van der Waals surface area contributed by atoms with Gasteiger partial charge in [-0.05, 0) is 67.1 Å². The maximum atomic E-state index is 8.89. The second-order valence-corrected chi connectivity index (χ2v) is 8.17. The second kappa shape index (κ2) is 12.6. The molecule has 0 radical (unpaired) electrons. The predicted molar refractivity (Wildman–Crippen MR) is 129 cm³/mol. The van der Waals surface area contributed by atoms with Crippen LogP contribution in [-0.4, -0.2) is 26.1 Å². The first-order chi connectivity index (χ1) is 15.3. The van der Waals surface area contributed by atoms with E-state index in [0.29, 0.717) is 0 Å². The lowest BCUT2D eigenvalue weighted by atomic mass is 10.2. The largest absolute Gasteiger partial charge is 0.550 e. The van der Waals surface area contributed by atoms with Crippen LogP contribution in [0.2, 0.25) is 0 Å². The number of carboxylic acids is 1. The molecule has 0 bridgehead atoms. The first-order valence-electron chi connectivity index (χ1n) is 10.5. The molecule has 0 N–H and O–H groups in total. The van der Waals surface area contributed by atoms with E-state index in [4.69, 9.17) is 9.90 Å². The Morgan fingerprint density at radius 1 is 1.03 bits per heavy atom. The van der Waals surface area contributed by atoms with Crippen molar-refractivity contribution >= 4 is 38.8 Å². The van der Waals surface area contributed by atoms with Crippen LogP contribution >= 0.6 is 11.3 Å². The van der Waals surface area contributed by atoms with E-state index in [1.165, 1.54) is 10.6 Å². The van der Waals surface area contributed by atoms with Crippen molar-refractivity contribution in [3.63, 3.8) is 0 Å². The Hall–Kier alpha value is -3.26. The first kappa shape index (κ1) is 25.0. The summed E-state index contributed by atoms with van der Waals surface area (Å²) in [6.07, 6.45) is 2.12. The highest BCUT2D eigenvalue weighted by molar-refractivity contribution is 7.18. The summed E-state index contributed by atoms with van der Waals surface area (Å²) < 4.78 is 2.03. The molecule has 3 rings (SSSR count). The van der Waals surface area contributed by atoms with E-state index in [-0.39, 0.29) is 0 Å². The number of azo groups is 1. The molecule has 0 saturated heterocycles. The first-order valence-corrected chi connectivity index (χ1v) is 11.3. The van der Waals surface area contributed by atoms with Gasteiger partial charge in [0.05, 0.1) is 12.2 Å². The number of hydrogen-bond acceptors (Lipinski definition) is 7. The van der Waals surface area contributed by atoms with Gasteiger partial charge in [0, 0.05) is 38.3 Å². The number of benzene rings is 2. The Bertz CT molecular complexity index is 995. The molecule has 0 fully saturated rings. The van der Waals surface area contributed by atoms with Crippen LogP contribution in [-0.2, 0) is 18.4 Å². The Morgan fingerprint density at radius 2 is 1.62 bits per heavy atom. The number of thiazole rings is 1. The van der Waals surface area contributed by atoms with Gasteiger partial charge in [-0.2, -0.15) is 0 Å². The maximum Gasteiger partial charge on any atom is 0.410 e. The number of aliphatic carboxylic acids is 1. The summed E-state index contributed by atoms with van der Waals surface area (Å²) in [7, 11) is 4.11. The monoisotopic (exact) mass is 453 g/mol. The van der Waals surface area contributed by atoms with Crippen molar-refractivity contribution in [3.8, 4) is 0 Å². The number of rotatable bonds is 8. The summed E-state index contributed by atoms with van der Waals surface area (Å²) in [6, 6.07) is 18.7. The van der Waals surface area contributed by atoms with Gasteiger partial charge in [-0.1, -0.05) is 30.3 Å². The minimum absolute atomic E-state index is 0.856. The molecule has 3 aromatic rings. The van der Waals surface area contributed by atoms with Crippen molar-refractivity contribution < 1.29 is 14.5 Å². The minimum atomic E-state index is -1.08. The summed E-state index contributed by atoms with van der Waals surface area (Å²) >= 11 is 1.67. The number of carboxylic acid groups (broad SMARTS) is 1. The smallest absolute Gasteiger partial charge is 0.410 e. The Kier molecular flexibility index (Phi) is 9.81. The highest BCUT2D eigenvalue weighted by Gasteiger charge is 2.16. The molecule has 0 amide bonds. The van der Waals surface area contributed by atoms with Crippen LogP contribution in [0.25, 0.3) is 0 Å². The quantitative estimate of drug-likeness (QED) is 0.378. The molecule has 0 aliphatic heterocycles. The molecule has 1 aromatic heterocycles. The molecule has 0 spiro atoms. The second-order valence-electron chi connectivity index (χ2n) is 7.18. The van der Waals surface area contributed by atoms with Gasteiger partial charge < -0.3 is 19.7 Å². The van der Waals surface area contributed by atoms with Gasteiger partial charge in [0.2, 0.25) is 0 Å². The van der Waals surface area contributed by atoms with Gasteiger partial charge in [-0.15, -0.1) is 0 Å². The average molecular weight is 454 g/mol. The molecule has 1 heterocycles. The van der Waals surface area contributed by atoms with Crippen molar-refractivity contribution in [2.45, 2.75) is 27.3 Å². The lowest BCUT2D eigenvalue weighted by Gasteiger charge is -2.19. The van der Waals surface area contributed by atoms with Crippen molar-refractivity contribution in [2.24, 2.45) is 17.3 Å². The summed E-state index contributed by atoms with van der Waals surface area (Å²) in [5, 5.41) is 19.9. The average Bonchev–Trinajstić information content (AvgIpc) is 3.14. The lowest BCUT2D eigenvalue weighted by Crippen LogP contribution is -2.26. The zero-order valence-electron chi connectivity index (χ0n) is 19.4. The van der Waals surface area contributed by atoms with E-state index in [2.05, 4.69) is 83.5 Å². The Balaban J connectivity index is 0.000000837. The lowest BCUT2D eigenvalue weighted by molar-refractivity contribution is -0.653. The van der Waals surface area contributed by atoms with E-state index < -0.39 is 5.97 Å². The van der Waals surface area contributed by atoms with Gasteiger partial charge in [-0.25, -0.2) is 4.57 Å². The molecule has 2 aromatic carbocycles. The van der Waals surface area contributed by atoms with E-state index in [1.54, 1.807) is 11.3 Å². The number of aromatic nitrogens is 1. The van der Waals surface area contributed by atoms with Crippen LogP contribution in [0.4, 0.5) is 21.5 Å². The normalized spacial score (nSPS) is 10.5. The molecule has 0 aliphatic carbocycles. The highest BCUT2D eigenvalue weighted by atomic mass is 32.1. The van der Waals surface area contributed by atoms with Crippen molar-refractivity contribution in [2.75, 3.05) is 29.9 Å². The zero-order valence-corrected chi connectivity index (χ0v) is 20.2. The Labute approximate surface area is 194 Å².